The second-order valence-electron chi connectivity index (χ2n) is 11.3. The molecule has 0 spiro atoms. The van der Waals surface area contributed by atoms with Gasteiger partial charge in [-0.2, -0.15) is 0 Å². The van der Waals surface area contributed by atoms with Crippen LogP contribution in [0, 0.1) is 0 Å². The van der Waals surface area contributed by atoms with Crippen molar-refractivity contribution in [2.45, 2.75) is 76.5 Å². The normalized spacial score (nSPS) is 19.9. The number of aromatic nitrogens is 4. The van der Waals surface area contributed by atoms with Crippen LogP contribution in [-0.2, 0) is 24.3 Å². The quantitative estimate of drug-likeness (QED) is 0.304. The summed E-state index contributed by atoms with van der Waals surface area (Å²) >= 11 is 6.79. The number of nitrogens with zero attached hydrogens (tertiary/aromatic N) is 5. The Balaban J connectivity index is 0.985. The lowest BCUT2D eigenvalue weighted by atomic mass is 9.93. The Bertz CT molecular complexity index is 1380. The number of fused-ring (bicyclic) bond motifs is 1. The number of pyridine rings is 1. The van der Waals surface area contributed by atoms with Gasteiger partial charge in [0, 0.05) is 50.6 Å². The summed E-state index contributed by atoms with van der Waals surface area (Å²) in [6.45, 7) is 3.05. The van der Waals surface area contributed by atoms with Gasteiger partial charge in [0.1, 0.15) is 18.2 Å². The highest BCUT2D eigenvalue weighted by Gasteiger charge is 2.24. The molecular formula is C30H38ClN7O4. The van der Waals surface area contributed by atoms with E-state index < -0.39 is 6.10 Å². The standard InChI is InChI=1S/C30H38ClN7O4/c31-29-25-10-12-37(18-24(39)16-33-30(40)20-9-11-32-27(14-20)35-22-4-3-5-22)17-21(25)7-8-26(29)42-19-23-15-34-36-38(23)28-6-1-2-13-41-28/h7-9,11,14-15,22,24,28,39H,1-6,10,12-13,16-19H2,(H,32,35)(H,33,40). The summed E-state index contributed by atoms with van der Waals surface area (Å²) in [6, 6.07) is 7.83. The zero-order chi connectivity index (χ0) is 28.9. The molecule has 3 N–H and O–H groups in total. The SMILES string of the molecule is O=C(NCC(O)CN1CCc2c(ccc(OCc3cnnn3C3CCCCO3)c2Cl)C1)c1ccnc(NC2CCC2)c1. The lowest BCUT2D eigenvalue weighted by molar-refractivity contribution is -0.0433. The molecule has 0 bridgehead atoms. The summed E-state index contributed by atoms with van der Waals surface area (Å²) in [5, 5.41) is 25.8. The van der Waals surface area contributed by atoms with E-state index in [9.17, 15) is 9.90 Å². The molecule has 2 fully saturated rings. The molecule has 224 valence electrons. The molecule has 11 nitrogen and oxygen atoms in total. The first kappa shape index (κ1) is 28.9. The van der Waals surface area contributed by atoms with Gasteiger partial charge in [-0.3, -0.25) is 9.69 Å². The molecule has 3 aliphatic rings. The molecule has 12 heteroatoms. The van der Waals surface area contributed by atoms with Crippen molar-refractivity contribution < 1.29 is 19.4 Å². The van der Waals surface area contributed by atoms with E-state index in [-0.39, 0.29) is 18.7 Å². The van der Waals surface area contributed by atoms with Crippen LogP contribution in [0.25, 0.3) is 0 Å². The second-order valence-corrected chi connectivity index (χ2v) is 11.7. The first-order chi connectivity index (χ1) is 20.5. The van der Waals surface area contributed by atoms with Crippen LogP contribution in [0.5, 0.6) is 5.75 Å². The third-order valence-electron chi connectivity index (χ3n) is 8.28. The largest absolute Gasteiger partial charge is 0.486 e. The number of halogens is 1. The summed E-state index contributed by atoms with van der Waals surface area (Å²) in [5.74, 6) is 1.12. The average Bonchev–Trinajstić information content (AvgIpc) is 3.47. The second kappa shape index (κ2) is 13.4. The van der Waals surface area contributed by atoms with E-state index in [4.69, 9.17) is 21.1 Å². The van der Waals surface area contributed by atoms with Crippen LogP contribution in [0.1, 0.15) is 71.9 Å². The van der Waals surface area contributed by atoms with E-state index in [1.54, 1.807) is 29.2 Å². The van der Waals surface area contributed by atoms with Gasteiger partial charge in [-0.1, -0.05) is 22.9 Å². The predicted molar refractivity (Wildman–Crippen MR) is 157 cm³/mol. The summed E-state index contributed by atoms with van der Waals surface area (Å²) < 4.78 is 13.8. The fourth-order valence-corrected chi connectivity index (χ4v) is 6.02. The number of ether oxygens (including phenoxy) is 2. The smallest absolute Gasteiger partial charge is 0.251 e. The zero-order valence-corrected chi connectivity index (χ0v) is 24.4. The van der Waals surface area contributed by atoms with Crippen LogP contribution in [0.3, 0.4) is 0 Å². The van der Waals surface area contributed by atoms with Crippen molar-refractivity contribution in [1.82, 2.24) is 30.2 Å². The van der Waals surface area contributed by atoms with Gasteiger partial charge < -0.3 is 25.2 Å². The molecule has 4 heterocycles. The first-order valence-electron chi connectivity index (χ1n) is 14.9. The van der Waals surface area contributed by atoms with Gasteiger partial charge in [-0.05, 0) is 74.3 Å². The molecule has 1 saturated heterocycles. The number of aliphatic hydroxyl groups excluding tert-OH is 1. The third kappa shape index (κ3) is 6.86. The van der Waals surface area contributed by atoms with Crippen LogP contribution >= 0.6 is 11.6 Å². The van der Waals surface area contributed by atoms with Gasteiger partial charge in [0.05, 0.1) is 23.0 Å². The van der Waals surface area contributed by atoms with E-state index in [0.717, 1.165) is 68.5 Å². The molecule has 3 aromatic rings. The number of hydrogen-bond donors (Lipinski definition) is 3. The van der Waals surface area contributed by atoms with Gasteiger partial charge in [0.15, 0.2) is 6.23 Å². The first-order valence-corrected chi connectivity index (χ1v) is 15.3. The van der Waals surface area contributed by atoms with E-state index >= 15 is 0 Å². The maximum atomic E-state index is 12.7. The molecular weight excluding hydrogens is 558 g/mol. The number of aliphatic hydroxyl groups is 1. The topological polar surface area (TPSA) is 127 Å². The molecule has 2 aliphatic heterocycles. The number of rotatable bonds is 11. The van der Waals surface area contributed by atoms with Crippen molar-refractivity contribution in [2.75, 3.05) is 31.6 Å². The number of anilines is 1. The van der Waals surface area contributed by atoms with Crippen molar-refractivity contribution in [2.24, 2.45) is 0 Å². The van der Waals surface area contributed by atoms with Gasteiger partial charge in [-0.25, -0.2) is 9.67 Å². The number of benzene rings is 1. The fraction of sp³-hybridized carbons (Fsp3) is 0.533. The molecule has 1 saturated carbocycles. The molecule has 1 aliphatic carbocycles. The number of hydrogen-bond acceptors (Lipinski definition) is 9. The maximum absolute atomic E-state index is 12.7. The van der Waals surface area contributed by atoms with Crippen LogP contribution in [0.2, 0.25) is 5.02 Å². The molecule has 0 radical (unpaired) electrons. The highest BCUT2D eigenvalue weighted by atomic mass is 35.5. The average molecular weight is 596 g/mol. The number of carbonyl (C=O) groups is 1. The monoisotopic (exact) mass is 595 g/mol. The van der Waals surface area contributed by atoms with Gasteiger partial charge in [0.2, 0.25) is 0 Å². The summed E-state index contributed by atoms with van der Waals surface area (Å²) in [7, 11) is 0. The maximum Gasteiger partial charge on any atom is 0.251 e. The molecule has 1 amide bonds. The Morgan fingerprint density at radius 2 is 2.12 bits per heavy atom. The fourth-order valence-electron chi connectivity index (χ4n) is 5.68. The van der Waals surface area contributed by atoms with Gasteiger partial charge in [0.25, 0.3) is 5.91 Å². The number of amides is 1. The number of β-amino-alcohol motifs (C(OH)–C–C–N with tert-alkyl or cyclic N) is 1. The Kier molecular flexibility index (Phi) is 9.18. The highest BCUT2D eigenvalue weighted by molar-refractivity contribution is 6.33. The van der Waals surface area contributed by atoms with Crippen molar-refractivity contribution in [3.8, 4) is 5.75 Å². The van der Waals surface area contributed by atoms with Crippen molar-refractivity contribution in [3.05, 3.63) is 64.1 Å². The zero-order valence-electron chi connectivity index (χ0n) is 23.7. The molecule has 2 aromatic heterocycles. The minimum Gasteiger partial charge on any atom is -0.486 e. The summed E-state index contributed by atoms with van der Waals surface area (Å²) in [6.07, 6.45) is 9.87. The van der Waals surface area contributed by atoms with E-state index in [1.165, 1.54) is 6.42 Å². The Morgan fingerprint density at radius 3 is 2.93 bits per heavy atom. The van der Waals surface area contributed by atoms with Crippen molar-refractivity contribution in [1.29, 1.82) is 0 Å². The van der Waals surface area contributed by atoms with Gasteiger partial charge in [-0.15, -0.1) is 5.10 Å². The predicted octanol–water partition coefficient (Wildman–Crippen LogP) is 3.72. The summed E-state index contributed by atoms with van der Waals surface area (Å²) in [5.41, 5.74) is 3.55. The Morgan fingerprint density at radius 1 is 1.21 bits per heavy atom. The molecule has 1 aromatic carbocycles. The van der Waals surface area contributed by atoms with Crippen LogP contribution in [0.4, 0.5) is 5.82 Å². The van der Waals surface area contributed by atoms with E-state index in [0.29, 0.717) is 47.9 Å². The van der Waals surface area contributed by atoms with Gasteiger partial charge >= 0.3 is 0 Å². The molecule has 2 unspecified atom stereocenters. The molecule has 2 atom stereocenters. The Hall–Kier alpha value is -3.25. The molecule has 42 heavy (non-hydrogen) atoms. The lowest BCUT2D eigenvalue weighted by Crippen LogP contribution is -2.42. The molecule has 6 rings (SSSR count). The van der Waals surface area contributed by atoms with Crippen LogP contribution < -0.4 is 15.4 Å². The minimum absolute atomic E-state index is 0.101. The van der Waals surface area contributed by atoms with Crippen LogP contribution in [-0.4, -0.2) is 74.3 Å². The van der Waals surface area contributed by atoms with Crippen molar-refractivity contribution in [3.63, 3.8) is 0 Å². The third-order valence-corrected chi connectivity index (χ3v) is 8.69. The lowest BCUT2D eigenvalue weighted by Gasteiger charge is -2.31. The number of nitrogens with one attached hydrogen (secondary N) is 2. The Labute approximate surface area is 250 Å². The highest BCUT2D eigenvalue weighted by Crippen LogP contribution is 2.35. The van der Waals surface area contributed by atoms with E-state index in [1.807, 2.05) is 12.1 Å². The summed E-state index contributed by atoms with van der Waals surface area (Å²) in [4.78, 5) is 19.2. The number of carbonyl (C=O) groups excluding carboxylic acids is 1. The van der Waals surface area contributed by atoms with E-state index in [2.05, 4.69) is 30.8 Å². The minimum atomic E-state index is -0.699. The van der Waals surface area contributed by atoms with Crippen LogP contribution in [0.15, 0.2) is 36.7 Å². The van der Waals surface area contributed by atoms with Crippen molar-refractivity contribution >= 4 is 23.3 Å².